The van der Waals surface area contributed by atoms with Crippen LogP contribution in [0.25, 0.3) is 5.69 Å². The van der Waals surface area contributed by atoms with Gasteiger partial charge < -0.3 is 4.74 Å². The predicted molar refractivity (Wildman–Crippen MR) is 111 cm³/mol. The Balaban J connectivity index is 2.26. The molecule has 0 radical (unpaired) electrons. The van der Waals surface area contributed by atoms with Gasteiger partial charge >= 0.3 is 5.97 Å². The molecule has 0 aliphatic rings. The number of benzene rings is 1. The van der Waals surface area contributed by atoms with Gasteiger partial charge in [-0.2, -0.15) is 5.10 Å². The average molecular weight is 371 g/mol. The summed E-state index contributed by atoms with van der Waals surface area (Å²) in [6.45, 7) is 17.0. The first-order valence-electron chi connectivity index (χ1n) is 9.84. The van der Waals surface area contributed by atoms with E-state index in [1.807, 2.05) is 12.1 Å². The van der Waals surface area contributed by atoms with Crippen molar-refractivity contribution in [3.8, 4) is 11.6 Å². The first kappa shape index (κ1) is 21.2. The quantitative estimate of drug-likeness (QED) is 0.587. The van der Waals surface area contributed by atoms with Gasteiger partial charge in [0.1, 0.15) is 0 Å². The Morgan fingerprint density at radius 1 is 1.15 bits per heavy atom. The third-order valence-corrected chi connectivity index (χ3v) is 4.56. The van der Waals surface area contributed by atoms with Gasteiger partial charge in [-0.15, -0.1) is 0 Å². The zero-order valence-electron chi connectivity index (χ0n) is 18.1. The fourth-order valence-corrected chi connectivity index (χ4v) is 3.51. The van der Waals surface area contributed by atoms with Crippen LogP contribution in [0.4, 0.5) is 0 Å². The molecule has 0 N–H and O–H groups in total. The van der Waals surface area contributed by atoms with Crippen LogP contribution in [0.1, 0.15) is 77.1 Å². The van der Waals surface area contributed by atoms with Gasteiger partial charge in [0.25, 0.3) is 0 Å². The normalized spacial score (nSPS) is 13.1. The number of nitrogens with zero attached hydrogens (tertiary/aromatic N) is 2. The molecule has 0 aliphatic carbocycles. The van der Waals surface area contributed by atoms with E-state index in [0.717, 1.165) is 23.4 Å². The largest absolute Gasteiger partial charge is 0.407 e. The Kier molecular flexibility index (Phi) is 6.50. The minimum atomic E-state index is -0.201. The summed E-state index contributed by atoms with van der Waals surface area (Å²) in [5.41, 5.74) is 4.36. The lowest BCUT2D eigenvalue weighted by atomic mass is 9.84. The molecule has 0 saturated heterocycles. The lowest BCUT2D eigenvalue weighted by Crippen LogP contribution is -2.18. The second-order valence-corrected chi connectivity index (χ2v) is 9.31. The van der Waals surface area contributed by atoms with Crippen LogP contribution < -0.4 is 4.74 Å². The van der Waals surface area contributed by atoms with Crippen LogP contribution in [0.15, 0.2) is 24.3 Å². The fourth-order valence-electron chi connectivity index (χ4n) is 3.51. The zero-order chi connectivity index (χ0) is 20.4. The summed E-state index contributed by atoms with van der Waals surface area (Å²) in [5.74, 6) is 0.834. The summed E-state index contributed by atoms with van der Waals surface area (Å²) in [5, 5.41) is 4.70. The topological polar surface area (TPSA) is 44.1 Å². The number of hydrogen-bond donors (Lipinski definition) is 0. The van der Waals surface area contributed by atoms with Crippen molar-refractivity contribution in [2.45, 2.75) is 74.1 Å². The summed E-state index contributed by atoms with van der Waals surface area (Å²) < 4.78 is 7.52. The van der Waals surface area contributed by atoms with E-state index in [-0.39, 0.29) is 23.2 Å². The Bertz CT molecular complexity index is 797. The van der Waals surface area contributed by atoms with E-state index in [0.29, 0.717) is 12.3 Å². The molecule has 0 aliphatic heterocycles. The van der Waals surface area contributed by atoms with E-state index in [1.165, 1.54) is 5.56 Å². The van der Waals surface area contributed by atoms with Gasteiger partial charge in [0.05, 0.1) is 11.4 Å². The average Bonchev–Trinajstić information content (AvgIpc) is 2.88. The highest BCUT2D eigenvalue weighted by Crippen LogP contribution is 2.28. The van der Waals surface area contributed by atoms with Gasteiger partial charge in [-0.25, -0.2) is 4.68 Å². The van der Waals surface area contributed by atoms with Gasteiger partial charge in [-0.3, -0.25) is 4.79 Å². The van der Waals surface area contributed by atoms with Crippen LogP contribution in [0.5, 0.6) is 5.88 Å². The zero-order valence-corrected chi connectivity index (χ0v) is 18.1. The highest BCUT2D eigenvalue weighted by atomic mass is 16.5. The molecule has 4 heteroatoms. The standard InChI is InChI=1S/C23H34N2O2/c1-15(2)19-13-21(27-22(26)12-17(4)14-23(6,7)8)25(24-19)20-10-9-16(3)11-18(20)5/h9-11,13,15,17H,12,14H2,1-8H3. The molecule has 0 fully saturated rings. The van der Waals surface area contributed by atoms with E-state index in [9.17, 15) is 4.79 Å². The third-order valence-electron chi connectivity index (χ3n) is 4.56. The smallest absolute Gasteiger partial charge is 0.312 e. The molecule has 1 atom stereocenters. The van der Waals surface area contributed by atoms with E-state index >= 15 is 0 Å². The molecule has 27 heavy (non-hydrogen) atoms. The van der Waals surface area contributed by atoms with Crippen molar-refractivity contribution < 1.29 is 9.53 Å². The molecule has 4 nitrogen and oxygen atoms in total. The van der Waals surface area contributed by atoms with Crippen molar-refractivity contribution in [1.82, 2.24) is 9.78 Å². The van der Waals surface area contributed by atoms with Crippen molar-refractivity contribution in [3.63, 3.8) is 0 Å². The lowest BCUT2D eigenvalue weighted by molar-refractivity contribution is -0.135. The van der Waals surface area contributed by atoms with Crippen molar-refractivity contribution in [3.05, 3.63) is 41.1 Å². The summed E-state index contributed by atoms with van der Waals surface area (Å²) in [6, 6.07) is 8.08. The van der Waals surface area contributed by atoms with Crippen LogP contribution in [-0.4, -0.2) is 15.7 Å². The number of hydrogen-bond acceptors (Lipinski definition) is 3. The second-order valence-electron chi connectivity index (χ2n) is 9.31. The summed E-state index contributed by atoms with van der Waals surface area (Å²) >= 11 is 0. The maximum atomic E-state index is 12.5. The fraction of sp³-hybridized carbons (Fsp3) is 0.565. The number of aryl methyl sites for hydroxylation is 2. The maximum Gasteiger partial charge on any atom is 0.312 e. The van der Waals surface area contributed by atoms with Gasteiger partial charge in [0.2, 0.25) is 5.88 Å². The minimum Gasteiger partial charge on any atom is -0.407 e. The van der Waals surface area contributed by atoms with Gasteiger partial charge in [0, 0.05) is 12.5 Å². The van der Waals surface area contributed by atoms with Gasteiger partial charge in [-0.1, -0.05) is 59.2 Å². The molecule has 2 aromatic rings. The first-order valence-corrected chi connectivity index (χ1v) is 9.84. The number of esters is 1. The van der Waals surface area contributed by atoms with Crippen LogP contribution in [0.3, 0.4) is 0 Å². The van der Waals surface area contributed by atoms with Crippen molar-refractivity contribution in [2.24, 2.45) is 11.3 Å². The molecule has 1 unspecified atom stereocenters. The van der Waals surface area contributed by atoms with Gasteiger partial charge in [-0.05, 0) is 49.1 Å². The minimum absolute atomic E-state index is 0.200. The van der Waals surface area contributed by atoms with Crippen molar-refractivity contribution in [2.75, 3.05) is 0 Å². The van der Waals surface area contributed by atoms with Crippen molar-refractivity contribution >= 4 is 5.97 Å². The van der Waals surface area contributed by atoms with Crippen molar-refractivity contribution in [1.29, 1.82) is 0 Å². The molecule has 2 rings (SSSR count). The number of carbonyl (C=O) groups excluding carboxylic acids is 1. The van der Waals surface area contributed by atoms with E-state index in [4.69, 9.17) is 9.84 Å². The number of rotatable bonds is 6. The van der Waals surface area contributed by atoms with E-state index in [1.54, 1.807) is 4.68 Å². The number of carbonyl (C=O) groups is 1. The molecule has 0 amide bonds. The van der Waals surface area contributed by atoms with E-state index in [2.05, 4.69) is 67.5 Å². The summed E-state index contributed by atoms with van der Waals surface area (Å²) in [7, 11) is 0. The second kappa shape index (κ2) is 8.28. The molecular formula is C23H34N2O2. The highest BCUT2D eigenvalue weighted by molar-refractivity contribution is 5.72. The highest BCUT2D eigenvalue weighted by Gasteiger charge is 2.21. The Labute approximate surface area is 163 Å². The molecule has 1 aromatic heterocycles. The van der Waals surface area contributed by atoms with Gasteiger partial charge in [0.15, 0.2) is 0 Å². The molecule has 148 valence electrons. The predicted octanol–water partition coefficient (Wildman–Crippen LogP) is 5.98. The Morgan fingerprint density at radius 2 is 1.81 bits per heavy atom. The lowest BCUT2D eigenvalue weighted by Gasteiger charge is -2.22. The molecule has 0 saturated carbocycles. The summed E-state index contributed by atoms with van der Waals surface area (Å²) in [6.07, 6.45) is 1.39. The monoisotopic (exact) mass is 370 g/mol. The molecule has 0 spiro atoms. The number of ether oxygens (including phenoxy) is 1. The Hall–Kier alpha value is -2.10. The molecular weight excluding hydrogens is 336 g/mol. The number of aromatic nitrogens is 2. The summed E-state index contributed by atoms with van der Waals surface area (Å²) in [4.78, 5) is 12.5. The van der Waals surface area contributed by atoms with Crippen LogP contribution in [0.2, 0.25) is 0 Å². The van der Waals surface area contributed by atoms with E-state index < -0.39 is 0 Å². The Morgan fingerprint density at radius 3 is 2.37 bits per heavy atom. The van der Waals surface area contributed by atoms with Crippen LogP contribution in [-0.2, 0) is 4.79 Å². The molecule has 1 aromatic carbocycles. The van der Waals surface area contributed by atoms with Crippen LogP contribution in [0, 0.1) is 25.2 Å². The molecule has 0 bridgehead atoms. The molecule has 1 heterocycles. The maximum absolute atomic E-state index is 12.5. The van der Waals surface area contributed by atoms with Crippen LogP contribution >= 0.6 is 0 Å². The third kappa shape index (κ3) is 5.95. The first-order chi connectivity index (χ1) is 12.5. The SMILES string of the molecule is Cc1ccc(-n2nc(C(C)C)cc2OC(=O)CC(C)CC(C)(C)C)c(C)c1.